The van der Waals surface area contributed by atoms with Gasteiger partial charge in [0.05, 0.1) is 15.8 Å². The topological polar surface area (TPSA) is 71.7 Å². The molecular formula is C17H22N4O2S. The molecule has 0 aliphatic carbocycles. The van der Waals surface area contributed by atoms with Gasteiger partial charge in [0.1, 0.15) is 0 Å². The van der Waals surface area contributed by atoms with Crippen LogP contribution in [0.4, 0.5) is 5.13 Å². The third kappa shape index (κ3) is 2.87. The molecule has 2 aliphatic rings. The van der Waals surface area contributed by atoms with Crippen molar-refractivity contribution in [1.82, 2.24) is 9.88 Å². The van der Waals surface area contributed by atoms with Crippen LogP contribution >= 0.6 is 11.3 Å². The molecule has 128 valence electrons. The van der Waals surface area contributed by atoms with Crippen LogP contribution < -0.4 is 10.6 Å². The van der Waals surface area contributed by atoms with Crippen LogP contribution in [0.25, 0.3) is 10.2 Å². The fourth-order valence-electron chi connectivity index (χ4n) is 3.36. The zero-order valence-corrected chi connectivity index (χ0v) is 14.4. The summed E-state index contributed by atoms with van der Waals surface area (Å²) in [4.78, 5) is 21.7. The lowest BCUT2D eigenvalue weighted by molar-refractivity contribution is -0.140. The number of amides is 1. The number of fused-ring (bicyclic) bond motifs is 1. The SMILES string of the molecule is NC1(C(=O)N2CCN(c3nc4ccccc4s3)CC2)CCOCC1. The van der Waals surface area contributed by atoms with Crippen LogP contribution in [0.2, 0.25) is 0 Å². The van der Waals surface area contributed by atoms with Crippen molar-refractivity contribution in [1.29, 1.82) is 0 Å². The highest BCUT2D eigenvalue weighted by atomic mass is 32.1. The van der Waals surface area contributed by atoms with Crippen molar-refractivity contribution in [3.05, 3.63) is 24.3 Å². The van der Waals surface area contributed by atoms with Crippen LogP contribution in [-0.2, 0) is 9.53 Å². The number of nitrogens with zero attached hydrogens (tertiary/aromatic N) is 3. The number of carbonyl (C=O) groups is 1. The normalized spacial score (nSPS) is 21.2. The van der Waals surface area contributed by atoms with Crippen LogP contribution in [0.1, 0.15) is 12.8 Å². The molecule has 2 aromatic rings. The van der Waals surface area contributed by atoms with Crippen molar-refractivity contribution in [3.63, 3.8) is 0 Å². The minimum atomic E-state index is -0.740. The summed E-state index contributed by atoms with van der Waals surface area (Å²) in [6, 6.07) is 8.19. The van der Waals surface area contributed by atoms with Gasteiger partial charge in [-0.1, -0.05) is 23.5 Å². The Morgan fingerprint density at radius 2 is 1.88 bits per heavy atom. The lowest BCUT2D eigenvalue weighted by Gasteiger charge is -2.40. The van der Waals surface area contributed by atoms with Crippen molar-refractivity contribution in [2.45, 2.75) is 18.4 Å². The highest BCUT2D eigenvalue weighted by molar-refractivity contribution is 7.22. The Labute approximate surface area is 145 Å². The summed E-state index contributed by atoms with van der Waals surface area (Å²) in [5, 5.41) is 1.04. The number of carbonyl (C=O) groups excluding carboxylic acids is 1. The molecular weight excluding hydrogens is 324 g/mol. The fraction of sp³-hybridized carbons (Fsp3) is 0.529. The molecule has 2 saturated heterocycles. The predicted octanol–water partition coefficient (Wildman–Crippen LogP) is 1.45. The Morgan fingerprint density at radius 1 is 1.17 bits per heavy atom. The monoisotopic (exact) mass is 346 g/mol. The summed E-state index contributed by atoms with van der Waals surface area (Å²) in [6.45, 7) is 4.17. The third-order valence-electron chi connectivity index (χ3n) is 4.93. The molecule has 0 atom stereocenters. The van der Waals surface area contributed by atoms with E-state index in [1.54, 1.807) is 11.3 Å². The van der Waals surface area contributed by atoms with E-state index in [2.05, 4.69) is 11.0 Å². The number of aromatic nitrogens is 1. The molecule has 4 rings (SSSR count). The number of hydrogen-bond donors (Lipinski definition) is 1. The minimum Gasteiger partial charge on any atom is -0.381 e. The van der Waals surface area contributed by atoms with Gasteiger partial charge >= 0.3 is 0 Å². The first kappa shape index (κ1) is 15.8. The number of hydrogen-bond acceptors (Lipinski definition) is 6. The minimum absolute atomic E-state index is 0.0785. The molecule has 6 nitrogen and oxygen atoms in total. The Bertz CT molecular complexity index is 700. The van der Waals surface area contributed by atoms with Gasteiger partial charge in [-0.15, -0.1) is 0 Å². The highest BCUT2D eigenvalue weighted by Crippen LogP contribution is 2.29. The summed E-state index contributed by atoms with van der Waals surface area (Å²) < 4.78 is 6.54. The molecule has 2 N–H and O–H groups in total. The first-order valence-electron chi connectivity index (χ1n) is 8.42. The van der Waals surface area contributed by atoms with Gasteiger partial charge in [0.15, 0.2) is 5.13 Å². The van der Waals surface area contributed by atoms with Crippen LogP contribution in [0.15, 0.2) is 24.3 Å². The molecule has 0 unspecified atom stereocenters. The number of ether oxygens (including phenoxy) is 1. The second kappa shape index (κ2) is 6.31. The van der Waals surface area contributed by atoms with Gasteiger partial charge in [0, 0.05) is 39.4 Å². The maximum absolute atomic E-state index is 12.8. The summed E-state index contributed by atoms with van der Waals surface area (Å²) in [7, 11) is 0. The summed E-state index contributed by atoms with van der Waals surface area (Å²) in [6.07, 6.45) is 1.23. The summed E-state index contributed by atoms with van der Waals surface area (Å²) >= 11 is 1.71. The largest absolute Gasteiger partial charge is 0.381 e. The maximum Gasteiger partial charge on any atom is 0.242 e. The molecule has 3 heterocycles. The second-order valence-electron chi connectivity index (χ2n) is 6.51. The van der Waals surface area contributed by atoms with Crippen molar-refractivity contribution >= 4 is 32.6 Å². The molecule has 0 bridgehead atoms. The average molecular weight is 346 g/mol. The molecule has 1 aromatic heterocycles. The number of rotatable bonds is 2. The Morgan fingerprint density at radius 3 is 2.58 bits per heavy atom. The van der Waals surface area contributed by atoms with Crippen molar-refractivity contribution < 1.29 is 9.53 Å². The van der Waals surface area contributed by atoms with Gasteiger partial charge in [-0.25, -0.2) is 4.98 Å². The van der Waals surface area contributed by atoms with E-state index in [9.17, 15) is 4.79 Å². The van der Waals surface area contributed by atoms with E-state index in [0.29, 0.717) is 39.1 Å². The van der Waals surface area contributed by atoms with E-state index < -0.39 is 5.54 Å². The van der Waals surface area contributed by atoms with Crippen molar-refractivity contribution in [2.24, 2.45) is 5.73 Å². The Kier molecular flexibility index (Phi) is 4.15. The van der Waals surface area contributed by atoms with Gasteiger partial charge in [-0.2, -0.15) is 0 Å². The first-order chi connectivity index (χ1) is 11.7. The smallest absolute Gasteiger partial charge is 0.242 e. The molecule has 1 aromatic carbocycles. The van der Waals surface area contributed by atoms with E-state index in [0.717, 1.165) is 23.7 Å². The maximum atomic E-state index is 12.8. The lowest BCUT2D eigenvalue weighted by Crippen LogP contribution is -2.61. The van der Waals surface area contributed by atoms with E-state index in [1.807, 2.05) is 23.1 Å². The number of nitrogens with two attached hydrogens (primary N) is 1. The molecule has 0 saturated carbocycles. The Balaban J connectivity index is 1.42. The highest BCUT2D eigenvalue weighted by Gasteiger charge is 2.39. The standard InChI is InChI=1S/C17H22N4O2S/c18-17(5-11-23-12-6-17)15(22)20-7-9-21(10-8-20)16-19-13-3-1-2-4-14(13)24-16/h1-4H,5-12,18H2. The molecule has 24 heavy (non-hydrogen) atoms. The van der Waals surface area contributed by atoms with Gasteiger partial charge in [-0.05, 0) is 25.0 Å². The number of piperazine rings is 1. The van der Waals surface area contributed by atoms with E-state index in [1.165, 1.54) is 4.70 Å². The second-order valence-corrected chi connectivity index (χ2v) is 7.52. The molecule has 1 amide bonds. The number of thiazole rings is 1. The Hall–Kier alpha value is -1.70. The van der Waals surface area contributed by atoms with Crippen LogP contribution in [0.5, 0.6) is 0 Å². The molecule has 2 fully saturated rings. The van der Waals surface area contributed by atoms with Gasteiger partial charge in [-0.3, -0.25) is 4.79 Å². The van der Waals surface area contributed by atoms with E-state index in [-0.39, 0.29) is 5.91 Å². The zero-order chi connectivity index (χ0) is 16.6. The number of para-hydroxylation sites is 1. The van der Waals surface area contributed by atoms with E-state index in [4.69, 9.17) is 15.5 Å². The predicted molar refractivity (Wildman–Crippen MR) is 95.4 cm³/mol. The fourth-order valence-corrected chi connectivity index (χ4v) is 4.38. The first-order valence-corrected chi connectivity index (χ1v) is 9.24. The van der Waals surface area contributed by atoms with Gasteiger partial charge in [0.25, 0.3) is 0 Å². The molecule has 0 spiro atoms. The molecule has 0 radical (unpaired) electrons. The van der Waals surface area contributed by atoms with Gasteiger partial charge < -0.3 is 20.3 Å². The summed E-state index contributed by atoms with van der Waals surface area (Å²) in [5.41, 5.74) is 6.64. The molecule has 7 heteroatoms. The lowest BCUT2D eigenvalue weighted by atomic mass is 9.89. The quantitative estimate of drug-likeness (QED) is 0.891. The number of anilines is 1. The van der Waals surface area contributed by atoms with Crippen LogP contribution in [-0.4, -0.2) is 60.7 Å². The van der Waals surface area contributed by atoms with Crippen LogP contribution in [0, 0.1) is 0 Å². The summed E-state index contributed by atoms with van der Waals surface area (Å²) in [5.74, 6) is 0.0785. The van der Waals surface area contributed by atoms with Crippen LogP contribution in [0.3, 0.4) is 0 Å². The van der Waals surface area contributed by atoms with E-state index >= 15 is 0 Å². The third-order valence-corrected chi connectivity index (χ3v) is 6.03. The average Bonchev–Trinajstić information content (AvgIpc) is 3.06. The molecule has 2 aliphatic heterocycles. The van der Waals surface area contributed by atoms with Gasteiger partial charge in [0.2, 0.25) is 5.91 Å². The van der Waals surface area contributed by atoms with Crippen molar-refractivity contribution in [2.75, 3.05) is 44.3 Å². The number of benzene rings is 1. The van der Waals surface area contributed by atoms with Crippen molar-refractivity contribution in [3.8, 4) is 0 Å². The zero-order valence-electron chi connectivity index (χ0n) is 13.6.